The van der Waals surface area contributed by atoms with Gasteiger partial charge in [0.25, 0.3) is 0 Å². The fourth-order valence-corrected chi connectivity index (χ4v) is 3.23. The molecule has 0 aliphatic carbocycles. The predicted molar refractivity (Wildman–Crippen MR) is 128 cm³/mol. The molecule has 0 aliphatic heterocycles. The van der Waals surface area contributed by atoms with E-state index in [9.17, 15) is 9.59 Å². The topological polar surface area (TPSA) is 52.6 Å². The highest BCUT2D eigenvalue weighted by Crippen LogP contribution is 2.21. The highest BCUT2D eigenvalue weighted by Gasteiger charge is 2.07. The lowest BCUT2D eigenvalue weighted by Crippen LogP contribution is -1.97. The van der Waals surface area contributed by atoms with E-state index in [0.29, 0.717) is 22.6 Å². The van der Waals surface area contributed by atoms with Gasteiger partial charge >= 0.3 is 0 Å². The molecule has 0 spiro atoms. The number of methoxy groups -OCH3 is 2. The summed E-state index contributed by atoms with van der Waals surface area (Å²) in [6.07, 6.45) is 3.26. The molecule has 3 aromatic rings. The third-order valence-corrected chi connectivity index (χ3v) is 5.24. The van der Waals surface area contributed by atoms with Crippen LogP contribution in [-0.2, 0) is 0 Å². The van der Waals surface area contributed by atoms with Crippen LogP contribution in [-0.4, -0.2) is 25.8 Å². The van der Waals surface area contributed by atoms with E-state index in [1.165, 1.54) is 0 Å². The van der Waals surface area contributed by atoms with Crippen LogP contribution in [0.5, 0.6) is 11.5 Å². The molecule has 162 valence electrons. The zero-order valence-electron chi connectivity index (χ0n) is 18.7. The van der Waals surface area contributed by atoms with Crippen molar-refractivity contribution >= 4 is 22.7 Å². The number of ether oxygens (including phenoxy) is 2. The Labute approximate surface area is 188 Å². The standard InChI is InChI=1S/C28H26O4/c1-19(17-27(29)23-9-13-25(31-3)14-10-23)21-5-7-22(8-6-21)20(2)18-28(30)24-11-15-26(32-4)16-12-24/h5-18H,1-4H3/b19-17+,20-18+. The van der Waals surface area contributed by atoms with Crippen molar-refractivity contribution in [1.29, 1.82) is 0 Å². The summed E-state index contributed by atoms with van der Waals surface area (Å²) in [6, 6.07) is 21.9. The molecule has 0 atom stereocenters. The summed E-state index contributed by atoms with van der Waals surface area (Å²) in [7, 11) is 3.19. The molecule has 4 heteroatoms. The lowest BCUT2D eigenvalue weighted by molar-refractivity contribution is 0.103. The number of carbonyl (C=O) groups is 2. The largest absolute Gasteiger partial charge is 0.497 e. The zero-order chi connectivity index (χ0) is 23.1. The summed E-state index contributed by atoms with van der Waals surface area (Å²) in [5, 5.41) is 0. The molecule has 0 saturated carbocycles. The van der Waals surface area contributed by atoms with Gasteiger partial charge in [-0.1, -0.05) is 24.3 Å². The van der Waals surface area contributed by atoms with Gasteiger partial charge in [0.15, 0.2) is 11.6 Å². The molecule has 32 heavy (non-hydrogen) atoms. The summed E-state index contributed by atoms with van der Waals surface area (Å²) >= 11 is 0. The summed E-state index contributed by atoms with van der Waals surface area (Å²) < 4.78 is 10.3. The molecule has 0 radical (unpaired) electrons. The van der Waals surface area contributed by atoms with Crippen LogP contribution >= 0.6 is 0 Å². The molecule has 0 unspecified atom stereocenters. The number of allylic oxidation sites excluding steroid dienone is 4. The van der Waals surface area contributed by atoms with Crippen molar-refractivity contribution < 1.29 is 19.1 Å². The van der Waals surface area contributed by atoms with E-state index in [1.807, 2.05) is 38.1 Å². The first kappa shape index (κ1) is 22.8. The molecule has 0 bridgehead atoms. The minimum atomic E-state index is -0.0598. The quantitative estimate of drug-likeness (QED) is 0.314. The van der Waals surface area contributed by atoms with Crippen LogP contribution < -0.4 is 9.47 Å². The maximum atomic E-state index is 12.5. The first-order chi connectivity index (χ1) is 15.4. The molecule has 3 rings (SSSR count). The van der Waals surface area contributed by atoms with Gasteiger partial charge < -0.3 is 9.47 Å². The van der Waals surface area contributed by atoms with Gasteiger partial charge in [-0.15, -0.1) is 0 Å². The van der Waals surface area contributed by atoms with Crippen molar-refractivity contribution in [3.05, 3.63) is 107 Å². The van der Waals surface area contributed by atoms with E-state index < -0.39 is 0 Å². The Balaban J connectivity index is 1.72. The van der Waals surface area contributed by atoms with Gasteiger partial charge in [0, 0.05) is 11.1 Å². The summed E-state index contributed by atoms with van der Waals surface area (Å²) in [5.74, 6) is 1.31. The lowest BCUT2D eigenvalue weighted by atomic mass is 9.98. The van der Waals surface area contributed by atoms with Crippen LogP contribution in [0.3, 0.4) is 0 Å². The maximum absolute atomic E-state index is 12.5. The smallest absolute Gasteiger partial charge is 0.186 e. The average molecular weight is 427 g/mol. The lowest BCUT2D eigenvalue weighted by Gasteiger charge is -2.06. The van der Waals surface area contributed by atoms with Crippen molar-refractivity contribution in [3.8, 4) is 11.5 Å². The fourth-order valence-electron chi connectivity index (χ4n) is 3.23. The van der Waals surface area contributed by atoms with Gasteiger partial charge in [-0.25, -0.2) is 0 Å². The first-order valence-corrected chi connectivity index (χ1v) is 10.3. The predicted octanol–water partition coefficient (Wildman–Crippen LogP) is 6.28. The van der Waals surface area contributed by atoms with Gasteiger partial charge in [-0.3, -0.25) is 9.59 Å². The Morgan fingerprint density at radius 1 is 0.531 bits per heavy atom. The molecule has 4 nitrogen and oxygen atoms in total. The molecule has 0 aliphatic rings. The highest BCUT2D eigenvalue weighted by atomic mass is 16.5. The second-order valence-electron chi connectivity index (χ2n) is 7.42. The van der Waals surface area contributed by atoms with Gasteiger partial charge in [0.2, 0.25) is 0 Å². The van der Waals surface area contributed by atoms with Crippen molar-refractivity contribution in [2.75, 3.05) is 14.2 Å². The van der Waals surface area contributed by atoms with Gasteiger partial charge in [0.05, 0.1) is 14.2 Å². The van der Waals surface area contributed by atoms with Crippen LogP contribution in [0.25, 0.3) is 11.1 Å². The minimum Gasteiger partial charge on any atom is -0.497 e. The second kappa shape index (κ2) is 10.4. The summed E-state index contributed by atoms with van der Waals surface area (Å²) in [4.78, 5) is 25.1. The molecule has 0 N–H and O–H groups in total. The second-order valence-corrected chi connectivity index (χ2v) is 7.42. The SMILES string of the molecule is COc1ccc(C(=O)/C=C(\C)c2ccc(/C(C)=C/C(=O)c3ccc(OC)cc3)cc2)cc1. The van der Waals surface area contributed by atoms with E-state index in [4.69, 9.17) is 9.47 Å². The summed E-state index contributed by atoms with van der Waals surface area (Å²) in [5.41, 5.74) is 4.85. The van der Waals surface area contributed by atoms with Crippen molar-refractivity contribution in [3.63, 3.8) is 0 Å². The zero-order valence-corrected chi connectivity index (χ0v) is 18.7. The van der Waals surface area contributed by atoms with Crippen LogP contribution in [0.2, 0.25) is 0 Å². The molecule has 0 fully saturated rings. The van der Waals surface area contributed by atoms with Crippen LogP contribution in [0.1, 0.15) is 45.7 Å². The molecule has 0 heterocycles. The average Bonchev–Trinajstić information content (AvgIpc) is 2.84. The van der Waals surface area contributed by atoms with Crippen LogP contribution in [0, 0.1) is 0 Å². The Kier molecular flexibility index (Phi) is 7.40. The first-order valence-electron chi connectivity index (χ1n) is 10.3. The van der Waals surface area contributed by atoms with E-state index in [-0.39, 0.29) is 11.6 Å². The number of hydrogen-bond donors (Lipinski definition) is 0. The number of rotatable bonds is 8. The van der Waals surface area contributed by atoms with E-state index >= 15 is 0 Å². The minimum absolute atomic E-state index is 0.0598. The van der Waals surface area contributed by atoms with Crippen LogP contribution in [0.4, 0.5) is 0 Å². The van der Waals surface area contributed by atoms with Gasteiger partial charge in [-0.05, 0) is 96.8 Å². The van der Waals surface area contributed by atoms with Gasteiger partial charge in [0.1, 0.15) is 11.5 Å². The molecule has 0 saturated heterocycles. The summed E-state index contributed by atoms with van der Waals surface area (Å²) in [6.45, 7) is 3.82. The Hall–Kier alpha value is -3.92. The number of ketones is 2. The highest BCUT2D eigenvalue weighted by molar-refractivity contribution is 6.09. The fraction of sp³-hybridized carbons (Fsp3) is 0.143. The maximum Gasteiger partial charge on any atom is 0.186 e. The van der Waals surface area contributed by atoms with E-state index in [1.54, 1.807) is 74.9 Å². The Morgan fingerprint density at radius 3 is 1.09 bits per heavy atom. The molecule has 0 aromatic heterocycles. The normalized spacial score (nSPS) is 11.8. The molecule has 0 amide bonds. The monoisotopic (exact) mass is 426 g/mol. The molecular formula is C28H26O4. The van der Waals surface area contributed by atoms with E-state index in [0.717, 1.165) is 22.3 Å². The molecular weight excluding hydrogens is 400 g/mol. The van der Waals surface area contributed by atoms with Gasteiger partial charge in [-0.2, -0.15) is 0 Å². The third-order valence-electron chi connectivity index (χ3n) is 5.24. The van der Waals surface area contributed by atoms with Crippen molar-refractivity contribution in [2.45, 2.75) is 13.8 Å². The Morgan fingerprint density at radius 2 is 0.812 bits per heavy atom. The third kappa shape index (κ3) is 5.61. The number of carbonyl (C=O) groups excluding carboxylic acids is 2. The van der Waals surface area contributed by atoms with Crippen LogP contribution in [0.15, 0.2) is 84.9 Å². The Bertz CT molecular complexity index is 1060. The van der Waals surface area contributed by atoms with E-state index in [2.05, 4.69) is 0 Å². The number of benzene rings is 3. The number of hydrogen-bond acceptors (Lipinski definition) is 4. The van der Waals surface area contributed by atoms with Crippen molar-refractivity contribution in [2.24, 2.45) is 0 Å². The van der Waals surface area contributed by atoms with Crippen molar-refractivity contribution in [1.82, 2.24) is 0 Å². The molecule has 3 aromatic carbocycles.